The van der Waals surface area contributed by atoms with Crippen molar-refractivity contribution in [3.63, 3.8) is 0 Å². The Morgan fingerprint density at radius 2 is 1.71 bits per heavy atom. The number of allylic oxidation sites excluding steroid dienone is 1. The first kappa shape index (κ1) is 36.5. The van der Waals surface area contributed by atoms with Crippen LogP contribution < -0.4 is 20.1 Å². The SMILES string of the molecule is CCOc1cc(C2C(C(=O)Nc3cccc(C)c3C)=C(C)Nc3nc(SCc4ccccc4Cl)nn32)cc(Br)c1OCc1cc(C)c(C)cc1C. The van der Waals surface area contributed by atoms with Crippen molar-refractivity contribution in [2.75, 3.05) is 17.2 Å². The Hall–Kier alpha value is -4.25. The molecule has 0 saturated carbocycles. The molecule has 1 aromatic heterocycles. The summed E-state index contributed by atoms with van der Waals surface area (Å²) >= 11 is 11.7. The number of aromatic nitrogens is 3. The van der Waals surface area contributed by atoms with Gasteiger partial charge in [-0.25, -0.2) is 4.68 Å². The molecule has 11 heteroatoms. The van der Waals surface area contributed by atoms with Crippen LogP contribution in [0.4, 0.5) is 11.6 Å². The number of thioether (sulfide) groups is 1. The normalized spacial score (nSPS) is 13.9. The van der Waals surface area contributed by atoms with Crippen molar-refractivity contribution >= 4 is 56.8 Å². The highest BCUT2D eigenvalue weighted by Crippen LogP contribution is 2.44. The van der Waals surface area contributed by atoms with Crippen LogP contribution in [0, 0.1) is 34.6 Å². The molecule has 0 aliphatic carbocycles. The zero-order chi connectivity index (χ0) is 36.4. The average Bonchev–Trinajstić information content (AvgIpc) is 3.49. The number of nitrogens with zero attached hydrogens (tertiary/aromatic N) is 3. The molecule has 0 fully saturated rings. The van der Waals surface area contributed by atoms with Gasteiger partial charge >= 0.3 is 0 Å². The number of carbonyl (C=O) groups excluding carboxylic acids is 1. The smallest absolute Gasteiger partial charge is 0.255 e. The van der Waals surface area contributed by atoms with E-state index in [1.165, 1.54) is 28.5 Å². The molecule has 0 saturated heterocycles. The number of ether oxygens (including phenoxy) is 2. The van der Waals surface area contributed by atoms with Crippen molar-refractivity contribution in [3.05, 3.63) is 132 Å². The molecule has 4 aromatic carbocycles. The van der Waals surface area contributed by atoms with Crippen LogP contribution in [0.5, 0.6) is 11.5 Å². The second kappa shape index (κ2) is 15.6. The highest BCUT2D eigenvalue weighted by atomic mass is 79.9. The summed E-state index contributed by atoms with van der Waals surface area (Å²) in [6.45, 7) is 15.0. The van der Waals surface area contributed by atoms with Crippen molar-refractivity contribution in [3.8, 4) is 11.5 Å². The third-order valence-electron chi connectivity index (χ3n) is 9.22. The number of amides is 1. The van der Waals surface area contributed by atoms with E-state index in [0.29, 0.717) is 62.3 Å². The van der Waals surface area contributed by atoms with Crippen LogP contribution in [0.1, 0.15) is 64.4 Å². The topological polar surface area (TPSA) is 90.3 Å². The molecule has 0 spiro atoms. The quantitative estimate of drug-likeness (QED) is 0.129. The number of halogens is 2. The van der Waals surface area contributed by atoms with E-state index in [4.69, 9.17) is 31.2 Å². The molecule has 1 atom stereocenters. The molecule has 2 N–H and O–H groups in total. The number of carbonyl (C=O) groups is 1. The second-order valence-electron chi connectivity index (χ2n) is 12.7. The van der Waals surface area contributed by atoms with E-state index in [1.807, 2.05) is 82.3 Å². The highest BCUT2D eigenvalue weighted by Gasteiger charge is 2.36. The third kappa shape index (κ3) is 7.83. The Kier molecular flexibility index (Phi) is 11.1. The first-order valence-corrected chi connectivity index (χ1v) is 18.9. The van der Waals surface area contributed by atoms with Gasteiger partial charge in [-0.15, -0.1) is 5.10 Å². The summed E-state index contributed by atoms with van der Waals surface area (Å²) in [6, 6.07) is 21.3. The average molecular weight is 787 g/mol. The number of rotatable bonds is 11. The molecule has 1 unspecified atom stereocenters. The lowest BCUT2D eigenvalue weighted by Crippen LogP contribution is -2.31. The summed E-state index contributed by atoms with van der Waals surface area (Å²) in [6.07, 6.45) is 0. The Balaban J connectivity index is 1.40. The zero-order valence-electron chi connectivity index (χ0n) is 29.8. The molecule has 0 bridgehead atoms. The zero-order valence-corrected chi connectivity index (χ0v) is 32.9. The van der Waals surface area contributed by atoms with Gasteiger partial charge in [0.05, 0.1) is 16.7 Å². The molecule has 8 nitrogen and oxygen atoms in total. The maximum atomic E-state index is 14.3. The van der Waals surface area contributed by atoms with Crippen LogP contribution in [-0.4, -0.2) is 27.3 Å². The number of anilines is 2. The van der Waals surface area contributed by atoms with Crippen LogP contribution >= 0.6 is 39.3 Å². The Morgan fingerprint density at radius 3 is 2.47 bits per heavy atom. The largest absolute Gasteiger partial charge is 0.490 e. The molecule has 0 radical (unpaired) electrons. The summed E-state index contributed by atoms with van der Waals surface area (Å²) in [5.41, 5.74) is 10.5. The van der Waals surface area contributed by atoms with Crippen LogP contribution in [-0.2, 0) is 17.2 Å². The van der Waals surface area contributed by atoms with E-state index in [1.54, 1.807) is 4.68 Å². The van der Waals surface area contributed by atoms with Gasteiger partial charge in [-0.05, 0) is 133 Å². The van der Waals surface area contributed by atoms with E-state index in [-0.39, 0.29) is 5.91 Å². The molecule has 2 heterocycles. The van der Waals surface area contributed by atoms with E-state index >= 15 is 0 Å². The Bertz CT molecular complexity index is 2160. The molecular weight excluding hydrogens is 746 g/mol. The van der Waals surface area contributed by atoms with Gasteiger partial charge in [0.2, 0.25) is 11.1 Å². The van der Waals surface area contributed by atoms with Gasteiger partial charge in [0.15, 0.2) is 11.5 Å². The minimum absolute atomic E-state index is 0.246. The van der Waals surface area contributed by atoms with Crippen LogP contribution in [0.3, 0.4) is 0 Å². The second-order valence-corrected chi connectivity index (χ2v) is 14.9. The number of aryl methyl sites for hydroxylation is 4. The fourth-order valence-corrected chi connectivity index (χ4v) is 7.79. The molecule has 1 amide bonds. The Labute approximate surface area is 317 Å². The highest BCUT2D eigenvalue weighted by molar-refractivity contribution is 9.10. The van der Waals surface area contributed by atoms with Gasteiger partial charge in [-0.2, -0.15) is 4.98 Å². The summed E-state index contributed by atoms with van der Waals surface area (Å²) in [5, 5.41) is 12.7. The van der Waals surface area contributed by atoms with Gasteiger partial charge in [0.25, 0.3) is 5.91 Å². The molecule has 6 rings (SSSR count). The van der Waals surface area contributed by atoms with Gasteiger partial charge in [0.1, 0.15) is 12.6 Å². The van der Waals surface area contributed by atoms with Crippen LogP contribution in [0.2, 0.25) is 5.02 Å². The summed E-state index contributed by atoms with van der Waals surface area (Å²) < 4.78 is 15.1. The van der Waals surface area contributed by atoms with Crippen molar-refractivity contribution in [2.45, 2.75) is 72.0 Å². The van der Waals surface area contributed by atoms with Gasteiger partial charge in [-0.1, -0.05) is 65.8 Å². The van der Waals surface area contributed by atoms with Gasteiger partial charge in [-0.3, -0.25) is 4.79 Å². The van der Waals surface area contributed by atoms with Crippen molar-refractivity contribution in [1.29, 1.82) is 0 Å². The molecule has 51 heavy (non-hydrogen) atoms. The fraction of sp³-hybridized carbons (Fsp3) is 0.275. The van der Waals surface area contributed by atoms with Gasteiger partial charge in [0, 0.05) is 22.2 Å². The van der Waals surface area contributed by atoms with E-state index in [0.717, 1.165) is 33.5 Å². The predicted molar refractivity (Wildman–Crippen MR) is 210 cm³/mol. The fourth-order valence-electron chi connectivity index (χ4n) is 6.10. The molecule has 264 valence electrons. The predicted octanol–water partition coefficient (Wildman–Crippen LogP) is 10.4. The van der Waals surface area contributed by atoms with E-state index < -0.39 is 6.04 Å². The van der Waals surface area contributed by atoms with Crippen molar-refractivity contribution in [1.82, 2.24) is 14.8 Å². The summed E-state index contributed by atoms with van der Waals surface area (Å²) in [7, 11) is 0. The Morgan fingerprint density at radius 1 is 0.941 bits per heavy atom. The minimum atomic E-state index is -0.639. The molecule has 1 aliphatic rings. The number of hydrogen-bond acceptors (Lipinski definition) is 7. The number of fused-ring (bicyclic) bond motifs is 1. The number of benzene rings is 4. The summed E-state index contributed by atoms with van der Waals surface area (Å²) in [5.74, 6) is 2.02. The monoisotopic (exact) mass is 785 g/mol. The molecule has 5 aromatic rings. The lowest BCUT2D eigenvalue weighted by molar-refractivity contribution is -0.113. The van der Waals surface area contributed by atoms with E-state index in [2.05, 4.69) is 59.5 Å². The lowest BCUT2D eigenvalue weighted by atomic mass is 9.94. The van der Waals surface area contributed by atoms with Crippen LogP contribution in [0.25, 0.3) is 0 Å². The first-order valence-electron chi connectivity index (χ1n) is 16.8. The van der Waals surface area contributed by atoms with Gasteiger partial charge < -0.3 is 20.1 Å². The minimum Gasteiger partial charge on any atom is -0.490 e. The van der Waals surface area contributed by atoms with E-state index in [9.17, 15) is 4.79 Å². The third-order valence-corrected chi connectivity index (χ3v) is 11.1. The summed E-state index contributed by atoms with van der Waals surface area (Å²) in [4.78, 5) is 19.2. The molecular formula is C40H41BrClN5O3S. The maximum Gasteiger partial charge on any atom is 0.255 e. The molecule has 1 aliphatic heterocycles. The standard InChI is InChI=1S/C40H41BrClN5O3S/c1-8-49-34-19-29(18-31(41)37(34)50-20-30-17-24(4)23(3)16-25(30)5)36-35(38(48)44-33-15-11-12-22(2)26(33)6)27(7)43-39-45-40(46-47(36)39)51-21-28-13-9-10-14-32(28)42/h9-19,36H,8,20-21H2,1-7H3,(H,44,48)(H,43,45,46). The van der Waals surface area contributed by atoms with Crippen molar-refractivity contribution < 1.29 is 14.3 Å². The maximum absolute atomic E-state index is 14.3. The number of hydrogen-bond donors (Lipinski definition) is 2. The van der Waals surface area contributed by atoms with Crippen LogP contribution in [0.15, 0.2) is 87.6 Å². The number of nitrogens with one attached hydrogen (secondary N) is 2. The lowest BCUT2D eigenvalue weighted by Gasteiger charge is -2.29. The first-order chi connectivity index (χ1) is 24.4. The van der Waals surface area contributed by atoms with Crippen molar-refractivity contribution in [2.24, 2.45) is 0 Å².